The minimum atomic E-state index is -4.56. The van der Waals surface area contributed by atoms with E-state index in [1.165, 1.54) is 41.6 Å². The van der Waals surface area contributed by atoms with Gasteiger partial charge in [-0.3, -0.25) is 0 Å². The fourth-order valence-electron chi connectivity index (χ4n) is 3.83. The molecule has 0 amide bonds. The van der Waals surface area contributed by atoms with Gasteiger partial charge in [-0.2, -0.15) is 17.5 Å². The van der Waals surface area contributed by atoms with Crippen LogP contribution < -0.4 is 4.74 Å². The first-order chi connectivity index (χ1) is 15.5. The number of rotatable bonds is 5. The van der Waals surface area contributed by atoms with Gasteiger partial charge in [0.1, 0.15) is 22.8 Å². The molecule has 4 rings (SSSR count). The summed E-state index contributed by atoms with van der Waals surface area (Å²) in [6.45, 7) is 2.04. The Bertz CT molecular complexity index is 1320. The average Bonchev–Trinajstić information content (AvgIpc) is 3.28. The number of para-hydroxylation sites is 1. The van der Waals surface area contributed by atoms with E-state index in [0.717, 1.165) is 18.9 Å². The fourth-order valence-corrected chi connectivity index (χ4v) is 6.21. The van der Waals surface area contributed by atoms with E-state index in [4.69, 9.17) is 27.9 Å². The molecule has 33 heavy (non-hydrogen) atoms. The van der Waals surface area contributed by atoms with Gasteiger partial charge in [-0.05, 0) is 44.0 Å². The van der Waals surface area contributed by atoms with Crippen molar-refractivity contribution in [3.05, 3.63) is 63.3 Å². The summed E-state index contributed by atoms with van der Waals surface area (Å²) in [5, 5.41) is 0.00337. The minimum absolute atomic E-state index is 0.0397. The summed E-state index contributed by atoms with van der Waals surface area (Å²) in [5.41, 5.74) is -0.372. The Hall–Kier alpha value is -2.07. The molecule has 5 nitrogen and oxygen atoms in total. The van der Waals surface area contributed by atoms with Crippen LogP contribution in [0, 0.1) is 6.92 Å². The van der Waals surface area contributed by atoms with Crippen molar-refractivity contribution < 1.29 is 26.3 Å². The molecule has 1 fully saturated rings. The molecule has 0 atom stereocenters. The lowest BCUT2D eigenvalue weighted by Crippen LogP contribution is -2.28. The number of aromatic nitrogens is 1. The van der Waals surface area contributed by atoms with Gasteiger partial charge in [-0.25, -0.2) is 13.4 Å². The van der Waals surface area contributed by atoms with Gasteiger partial charge in [0.25, 0.3) is 0 Å². The number of hydrogen-bond acceptors (Lipinski definition) is 4. The van der Waals surface area contributed by atoms with Gasteiger partial charge in [-0.1, -0.05) is 35.3 Å². The number of ether oxygens (including phenoxy) is 1. The Morgan fingerprint density at radius 2 is 1.82 bits per heavy atom. The van der Waals surface area contributed by atoms with Crippen LogP contribution in [0.2, 0.25) is 10.0 Å². The lowest BCUT2D eigenvalue weighted by molar-refractivity contribution is -0.136. The van der Waals surface area contributed by atoms with Crippen molar-refractivity contribution in [1.29, 1.82) is 0 Å². The van der Waals surface area contributed by atoms with Gasteiger partial charge >= 0.3 is 6.18 Å². The highest BCUT2D eigenvalue weighted by Gasteiger charge is 2.34. The van der Waals surface area contributed by atoms with E-state index in [1.807, 2.05) is 0 Å². The van der Waals surface area contributed by atoms with Gasteiger partial charge in [0.2, 0.25) is 10.0 Å². The highest BCUT2D eigenvalue weighted by atomic mass is 35.5. The first kappa shape index (κ1) is 24.1. The maximum Gasteiger partial charge on any atom is 0.417 e. The molecule has 0 bridgehead atoms. The van der Waals surface area contributed by atoms with E-state index < -0.39 is 21.8 Å². The van der Waals surface area contributed by atoms with E-state index in [-0.39, 0.29) is 49.5 Å². The monoisotopic (exact) mass is 518 g/mol. The molecular formula is C22H19Cl2F3N2O3S. The topological polar surface area (TPSA) is 59.5 Å². The zero-order chi connectivity index (χ0) is 24.0. The van der Waals surface area contributed by atoms with Crippen LogP contribution in [0.1, 0.15) is 29.7 Å². The summed E-state index contributed by atoms with van der Waals surface area (Å²) in [6.07, 6.45) is -3.02. The number of benzene rings is 2. The third-order valence-corrected chi connectivity index (χ3v) is 8.28. The average molecular weight is 519 g/mol. The molecule has 0 saturated carbocycles. The maximum absolute atomic E-state index is 13.5. The van der Waals surface area contributed by atoms with Crippen molar-refractivity contribution in [3.8, 4) is 5.75 Å². The van der Waals surface area contributed by atoms with Crippen LogP contribution in [-0.2, 0) is 22.8 Å². The highest BCUT2D eigenvalue weighted by molar-refractivity contribution is 7.89. The van der Waals surface area contributed by atoms with Crippen molar-refractivity contribution in [2.45, 2.75) is 37.4 Å². The van der Waals surface area contributed by atoms with Crippen molar-refractivity contribution >= 4 is 44.1 Å². The van der Waals surface area contributed by atoms with Crippen LogP contribution in [0.5, 0.6) is 5.75 Å². The summed E-state index contributed by atoms with van der Waals surface area (Å²) in [4.78, 5) is 4.14. The fraction of sp³-hybridized carbons (Fsp3) is 0.318. The first-order valence-electron chi connectivity index (χ1n) is 10.1. The van der Waals surface area contributed by atoms with Crippen molar-refractivity contribution in [2.75, 3.05) is 13.1 Å². The summed E-state index contributed by atoms with van der Waals surface area (Å²) in [7, 11) is -3.80. The number of halogens is 5. The standard InChI is InChI=1S/C22H19Cl2F3N2O3S/c1-13-11-16(22(25,26)27)14-5-4-6-18(21(14)28-13)32-12-15-17(23)7-8-19(20(15)24)33(30,31)29-9-2-3-10-29/h4-8,11H,2-3,9-10,12H2,1H3. The highest BCUT2D eigenvalue weighted by Crippen LogP contribution is 2.38. The Balaban J connectivity index is 1.71. The van der Waals surface area contributed by atoms with Crippen LogP contribution in [0.15, 0.2) is 41.3 Å². The van der Waals surface area contributed by atoms with E-state index in [9.17, 15) is 21.6 Å². The Morgan fingerprint density at radius 3 is 2.48 bits per heavy atom. The van der Waals surface area contributed by atoms with E-state index >= 15 is 0 Å². The number of fused-ring (bicyclic) bond motifs is 1. The molecule has 2 heterocycles. The zero-order valence-corrected chi connectivity index (χ0v) is 19.7. The number of aryl methyl sites for hydroxylation is 1. The quantitative estimate of drug-likeness (QED) is 0.401. The lowest BCUT2D eigenvalue weighted by atomic mass is 10.1. The van der Waals surface area contributed by atoms with Crippen molar-refractivity contribution in [3.63, 3.8) is 0 Å². The van der Waals surface area contributed by atoms with Crippen LogP contribution in [-0.4, -0.2) is 30.8 Å². The van der Waals surface area contributed by atoms with Gasteiger partial charge in [0, 0.05) is 34.8 Å². The molecule has 1 aromatic heterocycles. The molecule has 1 aliphatic heterocycles. The number of pyridine rings is 1. The van der Waals surface area contributed by atoms with Gasteiger partial charge in [-0.15, -0.1) is 0 Å². The van der Waals surface area contributed by atoms with Crippen molar-refractivity contribution in [1.82, 2.24) is 9.29 Å². The molecule has 0 spiro atoms. The summed E-state index contributed by atoms with van der Waals surface area (Å²) >= 11 is 12.7. The number of sulfonamides is 1. The molecule has 2 aromatic carbocycles. The smallest absolute Gasteiger partial charge is 0.417 e. The molecule has 0 N–H and O–H groups in total. The molecule has 176 valence electrons. The lowest BCUT2D eigenvalue weighted by Gasteiger charge is -2.19. The number of nitrogens with zero attached hydrogens (tertiary/aromatic N) is 2. The molecule has 0 unspecified atom stereocenters. The van der Waals surface area contributed by atoms with E-state index in [2.05, 4.69) is 4.98 Å². The zero-order valence-electron chi connectivity index (χ0n) is 17.4. The minimum Gasteiger partial charge on any atom is -0.487 e. The molecule has 0 radical (unpaired) electrons. The Labute approximate surface area is 199 Å². The van der Waals surface area contributed by atoms with Crippen LogP contribution in [0.3, 0.4) is 0 Å². The second-order valence-electron chi connectivity index (χ2n) is 7.70. The van der Waals surface area contributed by atoms with E-state index in [0.29, 0.717) is 13.1 Å². The Morgan fingerprint density at radius 1 is 1.12 bits per heavy atom. The third kappa shape index (κ3) is 4.64. The van der Waals surface area contributed by atoms with E-state index in [1.54, 1.807) is 0 Å². The SMILES string of the molecule is Cc1cc(C(F)(F)F)c2cccc(OCc3c(Cl)ccc(S(=O)(=O)N4CCCC4)c3Cl)c2n1. The van der Waals surface area contributed by atoms with Gasteiger partial charge in [0.15, 0.2) is 0 Å². The second-order valence-corrected chi connectivity index (χ2v) is 10.4. The Kier molecular flexibility index (Phi) is 6.52. The van der Waals surface area contributed by atoms with Crippen LogP contribution >= 0.6 is 23.2 Å². The number of hydrogen-bond donors (Lipinski definition) is 0. The summed E-state index contributed by atoms with van der Waals surface area (Å²) < 4.78 is 73.6. The van der Waals surface area contributed by atoms with Crippen molar-refractivity contribution in [2.24, 2.45) is 0 Å². The predicted octanol–water partition coefficient (Wildman–Crippen LogP) is 6.23. The molecule has 3 aromatic rings. The molecular weight excluding hydrogens is 500 g/mol. The van der Waals surface area contributed by atoms with Crippen LogP contribution in [0.25, 0.3) is 10.9 Å². The summed E-state index contributed by atoms with van der Waals surface area (Å²) in [6, 6.07) is 7.98. The molecule has 0 aliphatic carbocycles. The van der Waals surface area contributed by atoms with Gasteiger partial charge < -0.3 is 4.74 Å². The first-order valence-corrected chi connectivity index (χ1v) is 12.3. The van der Waals surface area contributed by atoms with Gasteiger partial charge in [0.05, 0.1) is 10.6 Å². The summed E-state index contributed by atoms with van der Waals surface area (Å²) in [5.74, 6) is 0.0987. The second kappa shape index (κ2) is 8.94. The maximum atomic E-state index is 13.5. The molecule has 1 saturated heterocycles. The normalized spacial score (nSPS) is 15.3. The molecule has 11 heteroatoms. The number of alkyl halides is 3. The third-order valence-electron chi connectivity index (χ3n) is 5.44. The predicted molar refractivity (Wildman–Crippen MR) is 120 cm³/mol. The largest absolute Gasteiger partial charge is 0.487 e. The molecule has 1 aliphatic rings. The van der Waals surface area contributed by atoms with Crippen LogP contribution in [0.4, 0.5) is 13.2 Å².